The van der Waals surface area contributed by atoms with Crippen LogP contribution in [0.3, 0.4) is 0 Å². The Morgan fingerprint density at radius 3 is 2.54 bits per heavy atom. The highest BCUT2D eigenvalue weighted by molar-refractivity contribution is 5.03. The minimum absolute atomic E-state index is 0.270. The average molecular weight is 363 g/mol. The van der Waals surface area contributed by atoms with Gasteiger partial charge in [-0.1, -0.05) is 5.21 Å². The summed E-state index contributed by atoms with van der Waals surface area (Å²) in [5.74, 6) is 1.20. The fraction of sp³-hybridized carbons (Fsp3) is 0.778. The second-order valence-electron chi connectivity index (χ2n) is 7.82. The van der Waals surface area contributed by atoms with Crippen LogP contribution in [0.2, 0.25) is 0 Å². The summed E-state index contributed by atoms with van der Waals surface area (Å²) in [5, 5.41) is 8.18. The molecule has 0 aliphatic carbocycles. The van der Waals surface area contributed by atoms with E-state index >= 15 is 0 Å². The van der Waals surface area contributed by atoms with Crippen molar-refractivity contribution in [1.82, 2.24) is 15.0 Å². The molecule has 3 fully saturated rings. The van der Waals surface area contributed by atoms with E-state index in [0.717, 1.165) is 5.69 Å². The third-order valence-corrected chi connectivity index (χ3v) is 4.83. The van der Waals surface area contributed by atoms with Crippen molar-refractivity contribution in [2.75, 3.05) is 0 Å². The lowest BCUT2D eigenvalue weighted by Gasteiger charge is -2.37. The van der Waals surface area contributed by atoms with Gasteiger partial charge in [0.2, 0.25) is 0 Å². The number of hydrogen-bond donors (Lipinski definition) is 0. The molecule has 1 aromatic rings. The fourth-order valence-corrected chi connectivity index (χ4v) is 3.84. The standard InChI is InChI=1S/C18H25N3O5/c1-6-7-8-11-9-19-20-21(11)10-12-13-14(24-17(2,3)23-13)15-16(22-12)26-18(4,5)25-15/h1,9,12-16H,7-8,10H2,2-5H3/t12-,13+,14+,15-,16-/m1/s1. The Hall–Kier alpha value is -1.50. The Morgan fingerprint density at radius 1 is 1.08 bits per heavy atom. The molecule has 4 heterocycles. The van der Waals surface area contributed by atoms with Gasteiger partial charge in [-0.2, -0.15) is 0 Å². The zero-order valence-electron chi connectivity index (χ0n) is 15.5. The predicted molar refractivity (Wildman–Crippen MR) is 89.7 cm³/mol. The first-order valence-electron chi connectivity index (χ1n) is 8.95. The Bertz CT molecular complexity index is 710. The molecule has 3 aliphatic rings. The highest BCUT2D eigenvalue weighted by atomic mass is 16.9. The van der Waals surface area contributed by atoms with E-state index in [1.165, 1.54) is 0 Å². The molecule has 3 aliphatic heterocycles. The van der Waals surface area contributed by atoms with Gasteiger partial charge in [-0.3, -0.25) is 0 Å². The van der Waals surface area contributed by atoms with Crippen LogP contribution < -0.4 is 0 Å². The van der Waals surface area contributed by atoms with Crippen LogP contribution in [0, 0.1) is 12.3 Å². The number of terminal acetylenes is 1. The SMILES string of the molecule is C#CCCc1cnnn1C[C@H]1O[C@@H]2OC(C)(C)O[C@@H]2[C@H]2OC(C)(C)O[C@H]21. The smallest absolute Gasteiger partial charge is 0.190 e. The van der Waals surface area contributed by atoms with Crippen LogP contribution in [0.4, 0.5) is 0 Å². The van der Waals surface area contributed by atoms with Crippen molar-refractivity contribution >= 4 is 0 Å². The number of aryl methyl sites for hydroxylation is 1. The lowest BCUT2D eigenvalue weighted by Crippen LogP contribution is -2.56. The van der Waals surface area contributed by atoms with Crippen LogP contribution in [0.1, 0.15) is 39.8 Å². The maximum atomic E-state index is 6.20. The van der Waals surface area contributed by atoms with Gasteiger partial charge in [0.15, 0.2) is 17.9 Å². The highest BCUT2D eigenvalue weighted by Gasteiger charge is 2.60. The first-order chi connectivity index (χ1) is 12.3. The summed E-state index contributed by atoms with van der Waals surface area (Å²) >= 11 is 0. The van der Waals surface area contributed by atoms with Gasteiger partial charge >= 0.3 is 0 Å². The molecule has 8 nitrogen and oxygen atoms in total. The van der Waals surface area contributed by atoms with Gasteiger partial charge in [-0.05, 0) is 27.7 Å². The van der Waals surface area contributed by atoms with Crippen molar-refractivity contribution in [3.05, 3.63) is 11.9 Å². The Morgan fingerprint density at radius 2 is 1.77 bits per heavy atom. The minimum Gasteiger partial charge on any atom is -0.342 e. The zero-order valence-corrected chi connectivity index (χ0v) is 15.5. The molecule has 0 bridgehead atoms. The number of hydrogen-bond acceptors (Lipinski definition) is 7. The molecule has 26 heavy (non-hydrogen) atoms. The molecule has 0 saturated carbocycles. The van der Waals surface area contributed by atoms with Crippen molar-refractivity contribution in [3.8, 4) is 12.3 Å². The third kappa shape index (κ3) is 3.26. The van der Waals surface area contributed by atoms with Crippen LogP contribution >= 0.6 is 0 Å². The molecule has 5 atom stereocenters. The minimum atomic E-state index is -0.726. The molecule has 142 valence electrons. The summed E-state index contributed by atoms with van der Waals surface area (Å²) in [6.07, 6.45) is 6.76. The van der Waals surface area contributed by atoms with E-state index in [2.05, 4.69) is 16.2 Å². The summed E-state index contributed by atoms with van der Waals surface area (Å²) in [7, 11) is 0. The van der Waals surface area contributed by atoms with Gasteiger partial charge in [0.1, 0.15) is 24.4 Å². The number of fused-ring (bicyclic) bond motifs is 3. The van der Waals surface area contributed by atoms with E-state index in [-0.39, 0.29) is 24.4 Å². The second-order valence-corrected chi connectivity index (χ2v) is 7.82. The summed E-state index contributed by atoms with van der Waals surface area (Å²) in [6, 6.07) is 0. The fourth-order valence-electron chi connectivity index (χ4n) is 3.84. The lowest BCUT2D eigenvalue weighted by molar-refractivity contribution is -0.236. The maximum Gasteiger partial charge on any atom is 0.190 e. The average Bonchev–Trinajstić information content (AvgIpc) is 3.19. The summed E-state index contributed by atoms with van der Waals surface area (Å²) in [5.41, 5.74) is 0.965. The molecule has 4 rings (SSSR count). The van der Waals surface area contributed by atoms with Crippen molar-refractivity contribution in [1.29, 1.82) is 0 Å². The van der Waals surface area contributed by atoms with Crippen LogP contribution in [0.25, 0.3) is 0 Å². The second kappa shape index (κ2) is 6.29. The van der Waals surface area contributed by atoms with Crippen LogP contribution in [0.5, 0.6) is 0 Å². The highest BCUT2D eigenvalue weighted by Crippen LogP contribution is 2.44. The first-order valence-corrected chi connectivity index (χ1v) is 8.95. The third-order valence-electron chi connectivity index (χ3n) is 4.83. The van der Waals surface area contributed by atoms with Crippen molar-refractivity contribution in [2.24, 2.45) is 0 Å². The molecular formula is C18H25N3O5. The molecule has 1 aromatic heterocycles. The summed E-state index contributed by atoms with van der Waals surface area (Å²) < 4.78 is 32.2. The van der Waals surface area contributed by atoms with E-state index in [9.17, 15) is 0 Å². The topological polar surface area (TPSA) is 76.9 Å². The van der Waals surface area contributed by atoms with Crippen LogP contribution in [-0.4, -0.2) is 57.3 Å². The molecule has 0 amide bonds. The molecule has 0 unspecified atom stereocenters. The van der Waals surface area contributed by atoms with Crippen molar-refractivity contribution < 1.29 is 23.7 Å². The summed E-state index contributed by atoms with van der Waals surface area (Å²) in [4.78, 5) is 0. The molecule has 0 N–H and O–H groups in total. The van der Waals surface area contributed by atoms with Crippen molar-refractivity contribution in [2.45, 2.75) is 89.4 Å². The number of aromatic nitrogens is 3. The van der Waals surface area contributed by atoms with E-state index in [4.69, 9.17) is 30.1 Å². The largest absolute Gasteiger partial charge is 0.342 e. The Labute approximate surface area is 153 Å². The van der Waals surface area contributed by atoms with Crippen molar-refractivity contribution in [3.63, 3.8) is 0 Å². The number of rotatable bonds is 4. The van der Waals surface area contributed by atoms with Crippen LogP contribution in [-0.2, 0) is 36.6 Å². The van der Waals surface area contributed by atoms with E-state index in [0.29, 0.717) is 19.4 Å². The molecule has 3 saturated heterocycles. The maximum absolute atomic E-state index is 6.20. The van der Waals surface area contributed by atoms with Gasteiger partial charge in [-0.15, -0.1) is 17.4 Å². The molecule has 0 spiro atoms. The molecule has 0 aromatic carbocycles. The lowest BCUT2D eigenvalue weighted by atomic mass is 9.99. The van der Waals surface area contributed by atoms with Gasteiger partial charge in [0, 0.05) is 12.8 Å². The zero-order chi connectivity index (χ0) is 18.5. The summed E-state index contributed by atoms with van der Waals surface area (Å²) in [6.45, 7) is 8.01. The number of nitrogens with zero attached hydrogens (tertiary/aromatic N) is 3. The normalized spacial score (nSPS) is 37.1. The van der Waals surface area contributed by atoms with Gasteiger partial charge < -0.3 is 23.7 Å². The molecular weight excluding hydrogens is 338 g/mol. The Kier molecular flexibility index (Phi) is 4.33. The number of ether oxygens (including phenoxy) is 5. The first kappa shape index (κ1) is 17.9. The molecule has 8 heteroatoms. The Balaban J connectivity index is 1.56. The van der Waals surface area contributed by atoms with Gasteiger partial charge in [0.05, 0.1) is 18.4 Å². The quantitative estimate of drug-likeness (QED) is 0.745. The van der Waals surface area contributed by atoms with E-state index in [1.807, 2.05) is 32.4 Å². The van der Waals surface area contributed by atoms with E-state index in [1.54, 1.807) is 6.20 Å². The van der Waals surface area contributed by atoms with Crippen LogP contribution in [0.15, 0.2) is 6.20 Å². The molecule has 0 radical (unpaired) electrons. The van der Waals surface area contributed by atoms with E-state index < -0.39 is 17.9 Å². The van der Waals surface area contributed by atoms with Gasteiger partial charge in [-0.25, -0.2) is 4.68 Å². The monoisotopic (exact) mass is 363 g/mol. The predicted octanol–water partition coefficient (Wildman–Crippen LogP) is 1.24. The van der Waals surface area contributed by atoms with Gasteiger partial charge in [0.25, 0.3) is 0 Å².